The van der Waals surface area contributed by atoms with E-state index in [4.69, 9.17) is 34.8 Å². The van der Waals surface area contributed by atoms with Gasteiger partial charge in [0.15, 0.2) is 0 Å². The summed E-state index contributed by atoms with van der Waals surface area (Å²) in [7, 11) is 0. The number of nitrogens with two attached hydrogens (primary N) is 1. The lowest BCUT2D eigenvalue weighted by molar-refractivity contribution is -0.138. The predicted molar refractivity (Wildman–Crippen MR) is 142 cm³/mol. The average Bonchev–Trinajstić information content (AvgIpc) is 3.32. The first-order valence-electron chi connectivity index (χ1n) is 11.1. The number of rotatable bonds is 7. The van der Waals surface area contributed by atoms with E-state index in [1.54, 1.807) is 71.2 Å². The number of benzene rings is 3. The van der Waals surface area contributed by atoms with Gasteiger partial charge in [0.1, 0.15) is 16.3 Å². The minimum atomic E-state index is -4.66. The highest BCUT2D eigenvalue weighted by Crippen LogP contribution is 2.46. The van der Waals surface area contributed by atoms with Crippen LogP contribution in [0, 0.1) is 11.3 Å². The molecular formula is C27H21ClF3N5S. The van der Waals surface area contributed by atoms with E-state index in [1.165, 1.54) is 24.4 Å². The van der Waals surface area contributed by atoms with Crippen LogP contribution >= 0.6 is 23.8 Å². The number of hydrogen-bond acceptors (Lipinski definition) is 4. The molecule has 1 aromatic heterocycles. The summed E-state index contributed by atoms with van der Waals surface area (Å²) in [6.45, 7) is 1.86. The molecule has 10 heteroatoms. The average molecular weight is 540 g/mol. The molecule has 0 aliphatic rings. The van der Waals surface area contributed by atoms with Gasteiger partial charge in [0.05, 0.1) is 47.0 Å². The third-order valence-corrected chi connectivity index (χ3v) is 6.85. The highest BCUT2D eigenvalue weighted by Gasteiger charge is 2.46. The van der Waals surface area contributed by atoms with Crippen molar-refractivity contribution in [3.05, 3.63) is 113 Å². The van der Waals surface area contributed by atoms with Crippen molar-refractivity contribution in [2.75, 3.05) is 4.90 Å². The number of thiocarbonyl (C=S) groups is 1. The Kier molecular flexibility index (Phi) is 7.25. The highest BCUT2D eigenvalue weighted by atomic mass is 35.5. The fourth-order valence-corrected chi connectivity index (χ4v) is 4.67. The van der Waals surface area contributed by atoms with Gasteiger partial charge in [-0.25, -0.2) is 4.98 Å². The number of imidazole rings is 1. The molecule has 188 valence electrons. The van der Waals surface area contributed by atoms with E-state index in [0.29, 0.717) is 28.6 Å². The Hall–Kier alpha value is -3.87. The fraction of sp³-hybridized carbons (Fsp3) is 0.148. The molecule has 37 heavy (non-hydrogen) atoms. The normalized spacial score (nSPS) is 13.0. The summed E-state index contributed by atoms with van der Waals surface area (Å²) in [6, 6.07) is 21.0. The molecule has 4 aromatic rings. The highest BCUT2D eigenvalue weighted by molar-refractivity contribution is 7.80. The van der Waals surface area contributed by atoms with Crippen molar-refractivity contribution in [3.8, 4) is 6.07 Å². The molecule has 0 aliphatic heterocycles. The number of nitriles is 1. The Morgan fingerprint density at radius 1 is 1.05 bits per heavy atom. The second kappa shape index (κ2) is 10.2. The molecule has 0 bridgehead atoms. The molecule has 0 aliphatic carbocycles. The Labute approximate surface area is 222 Å². The van der Waals surface area contributed by atoms with Crippen molar-refractivity contribution in [3.63, 3.8) is 0 Å². The topological polar surface area (TPSA) is 70.9 Å². The number of hydrogen-bond donors (Lipinski definition) is 1. The van der Waals surface area contributed by atoms with Gasteiger partial charge in [-0.2, -0.15) is 18.4 Å². The van der Waals surface area contributed by atoms with Gasteiger partial charge in [-0.15, -0.1) is 0 Å². The van der Waals surface area contributed by atoms with Crippen LogP contribution in [0.1, 0.15) is 29.2 Å². The monoisotopic (exact) mass is 539 g/mol. The van der Waals surface area contributed by atoms with Crippen LogP contribution in [0.3, 0.4) is 0 Å². The minimum Gasteiger partial charge on any atom is -0.391 e. The van der Waals surface area contributed by atoms with Crippen molar-refractivity contribution >= 4 is 40.3 Å². The van der Waals surface area contributed by atoms with Crippen molar-refractivity contribution in [2.45, 2.75) is 25.2 Å². The van der Waals surface area contributed by atoms with Crippen LogP contribution in [0.15, 0.2) is 85.3 Å². The van der Waals surface area contributed by atoms with E-state index in [-0.39, 0.29) is 10.6 Å². The van der Waals surface area contributed by atoms with Gasteiger partial charge in [-0.05, 0) is 48.4 Å². The molecule has 0 saturated heterocycles. The SMILES string of the molecule is CC(C(N)=S)(c1ccccc1C(F)(F)F)N(c1ccccc1Cl)c1cncn1Cc1ccc(C#N)cc1. The van der Waals surface area contributed by atoms with E-state index in [9.17, 15) is 13.2 Å². The Balaban J connectivity index is 1.96. The summed E-state index contributed by atoms with van der Waals surface area (Å²) in [4.78, 5) is 5.70. The number of anilines is 2. The molecule has 2 N–H and O–H groups in total. The van der Waals surface area contributed by atoms with Crippen LogP contribution in [0.4, 0.5) is 24.7 Å². The van der Waals surface area contributed by atoms with Gasteiger partial charge in [-0.3, -0.25) is 0 Å². The van der Waals surface area contributed by atoms with Crippen molar-refractivity contribution in [1.29, 1.82) is 5.26 Å². The van der Waals surface area contributed by atoms with E-state index < -0.39 is 17.3 Å². The summed E-state index contributed by atoms with van der Waals surface area (Å²) in [5.74, 6) is 0.421. The predicted octanol–water partition coefficient (Wildman–Crippen LogP) is 6.81. The largest absolute Gasteiger partial charge is 0.416 e. The molecule has 5 nitrogen and oxygen atoms in total. The van der Waals surface area contributed by atoms with Gasteiger partial charge in [0.2, 0.25) is 0 Å². The van der Waals surface area contributed by atoms with Crippen molar-refractivity contribution < 1.29 is 13.2 Å². The van der Waals surface area contributed by atoms with Crippen molar-refractivity contribution in [2.24, 2.45) is 5.73 Å². The fourth-order valence-electron chi connectivity index (χ4n) is 4.25. The lowest BCUT2D eigenvalue weighted by Crippen LogP contribution is -2.52. The van der Waals surface area contributed by atoms with E-state index in [2.05, 4.69) is 11.1 Å². The maximum absolute atomic E-state index is 14.2. The Morgan fingerprint density at radius 2 is 1.68 bits per heavy atom. The molecule has 0 fully saturated rings. The van der Waals surface area contributed by atoms with Gasteiger partial charge in [-0.1, -0.05) is 66.3 Å². The zero-order valence-corrected chi connectivity index (χ0v) is 21.1. The number of para-hydroxylation sites is 1. The smallest absolute Gasteiger partial charge is 0.391 e. The molecular weight excluding hydrogens is 519 g/mol. The lowest BCUT2D eigenvalue weighted by Gasteiger charge is -2.43. The lowest BCUT2D eigenvalue weighted by atomic mass is 9.85. The summed E-state index contributed by atoms with van der Waals surface area (Å²) in [6.07, 6.45) is -1.57. The standard InChI is InChI=1S/C27H21ClF3N5S/c1-26(25(33)37,20-6-2-3-7-21(20)27(29,30)31)36(23-9-5-4-8-22(23)28)24-15-34-17-35(24)16-19-12-10-18(14-32)11-13-19/h2-13,15,17H,16H2,1H3,(H2,33,37). The van der Waals surface area contributed by atoms with Crippen LogP contribution in [0.2, 0.25) is 5.02 Å². The molecule has 0 radical (unpaired) electrons. The molecule has 0 spiro atoms. The Bertz CT molecular complexity index is 1480. The first-order chi connectivity index (χ1) is 17.6. The van der Waals surface area contributed by atoms with Crippen LogP contribution < -0.4 is 10.6 Å². The molecule has 1 unspecified atom stereocenters. The van der Waals surface area contributed by atoms with Gasteiger partial charge >= 0.3 is 6.18 Å². The van der Waals surface area contributed by atoms with E-state index >= 15 is 0 Å². The Morgan fingerprint density at radius 3 is 2.27 bits per heavy atom. The second-order valence-corrected chi connectivity index (χ2v) is 9.30. The first kappa shape index (κ1) is 26.2. The van der Waals surface area contributed by atoms with E-state index in [1.807, 2.05) is 0 Å². The molecule has 0 saturated carbocycles. The van der Waals surface area contributed by atoms with Crippen LogP contribution in [-0.2, 0) is 18.3 Å². The van der Waals surface area contributed by atoms with Gasteiger partial charge in [0, 0.05) is 0 Å². The first-order valence-corrected chi connectivity index (χ1v) is 11.9. The van der Waals surface area contributed by atoms with E-state index in [0.717, 1.165) is 11.6 Å². The van der Waals surface area contributed by atoms with Gasteiger partial charge < -0.3 is 15.2 Å². The molecule has 1 heterocycles. The zero-order valence-electron chi connectivity index (χ0n) is 19.6. The molecule has 4 rings (SSSR count). The maximum Gasteiger partial charge on any atom is 0.416 e. The quantitative estimate of drug-likeness (QED) is 0.261. The summed E-state index contributed by atoms with van der Waals surface area (Å²) in [5.41, 5.74) is 5.38. The molecule has 1 atom stereocenters. The summed E-state index contributed by atoms with van der Waals surface area (Å²) >= 11 is 12.1. The number of halogens is 4. The van der Waals surface area contributed by atoms with Crippen LogP contribution in [-0.4, -0.2) is 14.5 Å². The third kappa shape index (κ3) is 5.03. The van der Waals surface area contributed by atoms with Gasteiger partial charge in [0.25, 0.3) is 0 Å². The number of aromatic nitrogens is 2. The maximum atomic E-state index is 14.2. The molecule has 0 amide bonds. The summed E-state index contributed by atoms with van der Waals surface area (Å²) < 4.78 is 44.3. The number of alkyl halides is 3. The minimum absolute atomic E-state index is 0.124. The second-order valence-electron chi connectivity index (χ2n) is 8.46. The summed E-state index contributed by atoms with van der Waals surface area (Å²) in [5, 5.41) is 9.39. The van der Waals surface area contributed by atoms with Crippen LogP contribution in [0.25, 0.3) is 0 Å². The molecule has 3 aromatic carbocycles. The van der Waals surface area contributed by atoms with Crippen LogP contribution in [0.5, 0.6) is 0 Å². The van der Waals surface area contributed by atoms with Crippen molar-refractivity contribution in [1.82, 2.24) is 9.55 Å². The third-order valence-electron chi connectivity index (χ3n) is 6.13. The zero-order chi connectivity index (χ0) is 26.8. The number of nitrogens with zero attached hydrogens (tertiary/aromatic N) is 4.